The first-order chi connectivity index (χ1) is 5.57. The van der Waals surface area contributed by atoms with Gasteiger partial charge >= 0.3 is 0 Å². The van der Waals surface area contributed by atoms with E-state index in [1.54, 1.807) is 0 Å². The fourth-order valence-electron chi connectivity index (χ4n) is 1.08. The van der Waals surface area contributed by atoms with Crippen molar-refractivity contribution in [2.45, 2.75) is 30.7 Å². The number of hydrogen-bond acceptors (Lipinski definition) is 6. The van der Waals surface area contributed by atoms with Crippen molar-refractivity contribution in [2.24, 2.45) is 0 Å². The Labute approximate surface area is 68.6 Å². The molecule has 6 heteroatoms. The Morgan fingerprint density at radius 1 is 0.917 bits per heavy atom. The molecule has 4 unspecified atom stereocenters. The first kappa shape index (κ1) is 9.85. The summed E-state index contributed by atoms with van der Waals surface area (Å²) in [4.78, 5) is 0. The van der Waals surface area contributed by atoms with E-state index in [0.717, 1.165) is 0 Å². The van der Waals surface area contributed by atoms with Crippen LogP contribution in [-0.4, -0.2) is 62.8 Å². The standard InChI is InChI=1S/C6H12O6/c7-1-2-3(8)4(9)5(10)6(11)12-2/h2-11H,1H2/t2?,3-,4?,5?,6?/m0/s1. The summed E-state index contributed by atoms with van der Waals surface area (Å²) >= 11 is 0. The molecule has 0 aliphatic carbocycles. The molecule has 72 valence electrons. The molecule has 0 saturated carbocycles. The zero-order valence-corrected chi connectivity index (χ0v) is 6.24. The van der Waals surface area contributed by atoms with Gasteiger partial charge in [0.2, 0.25) is 0 Å². The van der Waals surface area contributed by atoms with Gasteiger partial charge < -0.3 is 30.3 Å². The smallest absolute Gasteiger partial charge is 0.184 e. The third kappa shape index (κ3) is 1.58. The Morgan fingerprint density at radius 2 is 1.50 bits per heavy atom. The minimum atomic E-state index is -1.57. The van der Waals surface area contributed by atoms with E-state index in [1.165, 1.54) is 0 Å². The number of aliphatic hydroxyl groups excluding tert-OH is 5. The molecule has 12 heavy (non-hydrogen) atoms. The van der Waals surface area contributed by atoms with E-state index >= 15 is 0 Å². The molecule has 1 fully saturated rings. The Kier molecular flexibility index (Phi) is 2.99. The van der Waals surface area contributed by atoms with Gasteiger partial charge in [-0.25, -0.2) is 0 Å². The molecule has 0 aromatic carbocycles. The van der Waals surface area contributed by atoms with Gasteiger partial charge in [0.1, 0.15) is 24.4 Å². The van der Waals surface area contributed by atoms with E-state index in [0.29, 0.717) is 0 Å². The van der Waals surface area contributed by atoms with Crippen LogP contribution in [0.1, 0.15) is 0 Å². The molecular weight excluding hydrogens is 168 g/mol. The highest BCUT2D eigenvalue weighted by atomic mass is 16.6. The SMILES string of the molecule is OCC1OC(O)C(O)C(O)[C@H]1O. The molecule has 0 aromatic rings. The Morgan fingerprint density at radius 3 is 2.00 bits per heavy atom. The predicted octanol–water partition coefficient (Wildman–Crippen LogP) is -3.22. The van der Waals surface area contributed by atoms with Crippen LogP contribution in [0.5, 0.6) is 0 Å². The quantitative estimate of drug-likeness (QED) is 0.290. The van der Waals surface area contributed by atoms with Gasteiger partial charge in [-0.2, -0.15) is 0 Å². The van der Waals surface area contributed by atoms with Crippen LogP contribution >= 0.6 is 0 Å². The van der Waals surface area contributed by atoms with Gasteiger partial charge in [-0.15, -0.1) is 0 Å². The van der Waals surface area contributed by atoms with Crippen LogP contribution in [0.3, 0.4) is 0 Å². The van der Waals surface area contributed by atoms with E-state index in [-0.39, 0.29) is 0 Å². The second-order valence-electron chi connectivity index (χ2n) is 2.72. The van der Waals surface area contributed by atoms with Crippen LogP contribution in [-0.2, 0) is 4.74 Å². The molecule has 0 aromatic heterocycles. The lowest BCUT2D eigenvalue weighted by Gasteiger charge is -2.37. The van der Waals surface area contributed by atoms with Crippen molar-refractivity contribution in [1.29, 1.82) is 0 Å². The summed E-state index contributed by atoms with van der Waals surface area (Å²) in [6.45, 7) is -0.526. The Balaban J connectivity index is 2.63. The largest absolute Gasteiger partial charge is 0.394 e. The van der Waals surface area contributed by atoms with E-state index < -0.39 is 37.3 Å². The maximum Gasteiger partial charge on any atom is 0.184 e. The highest BCUT2D eigenvalue weighted by Gasteiger charge is 2.42. The highest BCUT2D eigenvalue weighted by molar-refractivity contribution is 4.87. The molecule has 0 amide bonds. The molecule has 1 rings (SSSR count). The van der Waals surface area contributed by atoms with Crippen molar-refractivity contribution in [3.8, 4) is 0 Å². The van der Waals surface area contributed by atoms with Crippen molar-refractivity contribution < 1.29 is 30.3 Å². The van der Waals surface area contributed by atoms with Crippen LogP contribution in [0.4, 0.5) is 0 Å². The number of aliphatic hydroxyl groups is 5. The maximum atomic E-state index is 9.12. The van der Waals surface area contributed by atoms with Crippen LogP contribution in [0.15, 0.2) is 0 Å². The van der Waals surface area contributed by atoms with E-state index in [9.17, 15) is 0 Å². The summed E-state index contributed by atoms with van der Waals surface area (Å²) in [7, 11) is 0. The lowest BCUT2D eigenvalue weighted by Crippen LogP contribution is -2.58. The van der Waals surface area contributed by atoms with Gasteiger partial charge in [0.05, 0.1) is 6.61 Å². The summed E-state index contributed by atoms with van der Waals surface area (Å²) in [5, 5.41) is 44.7. The summed E-state index contributed by atoms with van der Waals surface area (Å²) < 4.78 is 4.58. The van der Waals surface area contributed by atoms with E-state index in [4.69, 9.17) is 25.5 Å². The number of rotatable bonds is 1. The average Bonchev–Trinajstić information content (AvgIpc) is 2.08. The highest BCUT2D eigenvalue weighted by Crippen LogP contribution is 2.18. The maximum absolute atomic E-state index is 9.12. The zero-order chi connectivity index (χ0) is 9.30. The molecule has 1 aliphatic rings. The lowest BCUT2D eigenvalue weighted by molar-refractivity contribution is -0.286. The summed E-state index contributed by atoms with van der Waals surface area (Å²) in [6, 6.07) is 0. The minimum Gasteiger partial charge on any atom is -0.394 e. The second-order valence-corrected chi connectivity index (χ2v) is 2.72. The third-order valence-corrected chi connectivity index (χ3v) is 1.87. The predicted molar refractivity (Wildman–Crippen MR) is 36.0 cm³/mol. The Hall–Kier alpha value is -0.240. The lowest BCUT2D eigenvalue weighted by atomic mass is 10.00. The summed E-state index contributed by atoms with van der Waals surface area (Å²) in [5.74, 6) is 0. The van der Waals surface area contributed by atoms with Crippen molar-refractivity contribution in [3.63, 3.8) is 0 Å². The van der Waals surface area contributed by atoms with Crippen LogP contribution in [0, 0.1) is 0 Å². The normalized spacial score (nSPS) is 49.2. The van der Waals surface area contributed by atoms with E-state index in [2.05, 4.69) is 4.74 Å². The minimum absolute atomic E-state index is 0.526. The molecule has 1 heterocycles. The molecule has 5 N–H and O–H groups in total. The van der Waals surface area contributed by atoms with Crippen molar-refractivity contribution in [2.75, 3.05) is 6.61 Å². The van der Waals surface area contributed by atoms with Gasteiger partial charge in [-0.05, 0) is 0 Å². The molecule has 6 nitrogen and oxygen atoms in total. The van der Waals surface area contributed by atoms with Gasteiger partial charge in [0.25, 0.3) is 0 Å². The molecule has 5 atom stereocenters. The van der Waals surface area contributed by atoms with Crippen LogP contribution in [0.25, 0.3) is 0 Å². The van der Waals surface area contributed by atoms with Gasteiger partial charge in [0.15, 0.2) is 6.29 Å². The first-order valence-corrected chi connectivity index (χ1v) is 3.56. The van der Waals surface area contributed by atoms with E-state index in [1.807, 2.05) is 0 Å². The van der Waals surface area contributed by atoms with Crippen LogP contribution < -0.4 is 0 Å². The van der Waals surface area contributed by atoms with Crippen LogP contribution in [0.2, 0.25) is 0 Å². The first-order valence-electron chi connectivity index (χ1n) is 3.56. The molecule has 0 bridgehead atoms. The molecule has 0 spiro atoms. The zero-order valence-electron chi connectivity index (χ0n) is 6.24. The molecule has 0 radical (unpaired) electrons. The topological polar surface area (TPSA) is 110 Å². The van der Waals surface area contributed by atoms with Crippen molar-refractivity contribution >= 4 is 0 Å². The van der Waals surface area contributed by atoms with Gasteiger partial charge in [-0.3, -0.25) is 0 Å². The van der Waals surface area contributed by atoms with Gasteiger partial charge in [0, 0.05) is 0 Å². The van der Waals surface area contributed by atoms with Gasteiger partial charge in [-0.1, -0.05) is 0 Å². The monoisotopic (exact) mass is 180 g/mol. The van der Waals surface area contributed by atoms with Crippen molar-refractivity contribution in [3.05, 3.63) is 0 Å². The number of hydrogen-bond donors (Lipinski definition) is 5. The van der Waals surface area contributed by atoms with Crippen molar-refractivity contribution in [1.82, 2.24) is 0 Å². The number of ether oxygens (including phenoxy) is 1. The summed E-state index contributed by atoms with van der Waals surface area (Å²) in [6.07, 6.45) is -7.04. The average molecular weight is 180 g/mol. The second kappa shape index (κ2) is 3.65. The molecule has 1 aliphatic heterocycles. The Bertz CT molecular complexity index is 146. The fourth-order valence-corrected chi connectivity index (χ4v) is 1.08. The molecular formula is C6H12O6. The third-order valence-electron chi connectivity index (χ3n) is 1.87. The fraction of sp³-hybridized carbons (Fsp3) is 1.00. The molecule has 1 saturated heterocycles. The summed E-state index contributed by atoms with van der Waals surface area (Å²) in [5.41, 5.74) is 0.